The Morgan fingerprint density at radius 1 is 1.10 bits per heavy atom. The number of quaternary nitrogens is 1. The Hall–Kier alpha value is -0.0600. The summed E-state index contributed by atoms with van der Waals surface area (Å²) < 4.78 is 18.9. The second-order valence-electron chi connectivity index (χ2n) is 5.06. The van der Waals surface area contributed by atoms with Crippen molar-refractivity contribution in [1.82, 2.24) is 0 Å². The molecule has 0 aromatic heterocycles. The van der Waals surface area contributed by atoms with Crippen LogP contribution in [-0.4, -0.2) is 26.4 Å². The SMILES string of the molecule is CC(C)CCCCCCOCCC[NH3+].CCO[P+](=O)[O-]. The standard InChI is InChI=1S/C12H27NO.C2H5O3P/c1-12(2)8-5-3-4-6-10-14-11-7-9-13;1-2-5-6(3)4/h12H,3-11,13H2,1-2H3;2H2,1H3/p+1. The second kappa shape index (κ2) is 18.9. The zero-order valence-electron chi connectivity index (χ0n) is 13.4. The van der Waals surface area contributed by atoms with Crippen LogP contribution in [0.4, 0.5) is 0 Å². The molecule has 0 spiro atoms. The van der Waals surface area contributed by atoms with Gasteiger partial charge in [0.15, 0.2) is 0 Å². The quantitative estimate of drug-likeness (QED) is 0.442. The molecular weight excluding hydrogens is 277 g/mol. The van der Waals surface area contributed by atoms with Gasteiger partial charge in [0, 0.05) is 13.0 Å². The molecule has 0 fully saturated rings. The van der Waals surface area contributed by atoms with E-state index in [4.69, 9.17) is 4.74 Å². The molecule has 20 heavy (non-hydrogen) atoms. The van der Waals surface area contributed by atoms with Gasteiger partial charge in [-0.1, -0.05) is 39.5 Å². The second-order valence-corrected chi connectivity index (χ2v) is 5.76. The molecule has 0 aliphatic heterocycles. The fraction of sp³-hybridized carbons (Fsp3) is 1.00. The van der Waals surface area contributed by atoms with Crippen molar-refractivity contribution in [2.45, 2.75) is 59.3 Å². The van der Waals surface area contributed by atoms with Crippen LogP contribution in [0.3, 0.4) is 0 Å². The summed E-state index contributed by atoms with van der Waals surface area (Å²) in [7, 11) is -2.60. The van der Waals surface area contributed by atoms with Crippen LogP contribution < -0.4 is 10.6 Å². The summed E-state index contributed by atoms with van der Waals surface area (Å²) in [4.78, 5) is 9.41. The summed E-state index contributed by atoms with van der Waals surface area (Å²) in [6.07, 6.45) is 7.80. The fourth-order valence-electron chi connectivity index (χ4n) is 1.52. The Morgan fingerprint density at radius 3 is 2.15 bits per heavy atom. The lowest BCUT2D eigenvalue weighted by Gasteiger charge is -2.04. The first-order chi connectivity index (χ1) is 9.54. The molecule has 1 unspecified atom stereocenters. The largest absolute Gasteiger partial charge is 0.566 e. The molecule has 1 atom stereocenters. The number of rotatable bonds is 12. The Bertz CT molecular complexity index is 204. The van der Waals surface area contributed by atoms with E-state index in [2.05, 4.69) is 24.1 Å². The van der Waals surface area contributed by atoms with Gasteiger partial charge in [-0.25, -0.2) is 0 Å². The fourth-order valence-corrected chi connectivity index (χ4v) is 1.73. The first-order valence-electron chi connectivity index (χ1n) is 7.68. The van der Waals surface area contributed by atoms with Gasteiger partial charge in [0.2, 0.25) is 0 Å². The molecule has 0 heterocycles. The lowest BCUT2D eigenvalue weighted by atomic mass is 10.0. The third-order valence-corrected chi connectivity index (χ3v) is 3.06. The van der Waals surface area contributed by atoms with Crippen LogP contribution in [0.1, 0.15) is 59.3 Å². The van der Waals surface area contributed by atoms with Crippen molar-refractivity contribution < 1.29 is 24.5 Å². The van der Waals surface area contributed by atoms with E-state index in [1.54, 1.807) is 6.92 Å². The number of unbranched alkanes of at least 4 members (excludes halogenated alkanes) is 3. The van der Waals surface area contributed by atoms with E-state index < -0.39 is 8.25 Å². The Labute approximate surface area is 125 Å². The predicted molar refractivity (Wildman–Crippen MR) is 80.3 cm³/mol. The van der Waals surface area contributed by atoms with E-state index in [0.29, 0.717) is 0 Å². The molecule has 0 rings (SSSR count). The molecule has 0 radical (unpaired) electrons. The van der Waals surface area contributed by atoms with Crippen molar-refractivity contribution in [1.29, 1.82) is 0 Å². The molecule has 0 amide bonds. The van der Waals surface area contributed by atoms with Crippen LogP contribution in [-0.2, 0) is 13.8 Å². The first kappa shape index (κ1) is 22.2. The third-order valence-electron chi connectivity index (χ3n) is 2.59. The average Bonchev–Trinajstić information content (AvgIpc) is 2.37. The minimum Gasteiger partial charge on any atom is -0.566 e. The topological polar surface area (TPSA) is 86.2 Å². The highest BCUT2D eigenvalue weighted by Crippen LogP contribution is 2.09. The lowest BCUT2D eigenvalue weighted by molar-refractivity contribution is -0.369. The number of hydrogen-bond acceptors (Lipinski definition) is 4. The molecule has 0 saturated carbocycles. The zero-order valence-corrected chi connectivity index (χ0v) is 14.3. The smallest absolute Gasteiger partial charge is 0.488 e. The highest BCUT2D eigenvalue weighted by atomic mass is 31.1. The monoisotopic (exact) mass is 310 g/mol. The van der Waals surface area contributed by atoms with Crippen molar-refractivity contribution in [2.24, 2.45) is 5.92 Å². The van der Waals surface area contributed by atoms with E-state index in [0.717, 1.165) is 32.1 Å². The maximum Gasteiger partial charge on any atom is 0.488 e. The lowest BCUT2D eigenvalue weighted by Crippen LogP contribution is -2.50. The molecular formula is C14H33NO4P+. The van der Waals surface area contributed by atoms with Crippen LogP contribution in [0.25, 0.3) is 0 Å². The molecule has 0 bridgehead atoms. The number of ether oxygens (including phenoxy) is 1. The van der Waals surface area contributed by atoms with E-state index in [1.807, 2.05) is 0 Å². The molecule has 0 aliphatic carbocycles. The maximum atomic E-state index is 9.41. The molecule has 0 saturated heterocycles. The Kier molecular flexibility index (Phi) is 21.0. The van der Waals surface area contributed by atoms with E-state index in [-0.39, 0.29) is 6.61 Å². The van der Waals surface area contributed by atoms with Crippen molar-refractivity contribution in [2.75, 3.05) is 26.4 Å². The van der Waals surface area contributed by atoms with Crippen LogP contribution in [0, 0.1) is 5.92 Å². The van der Waals surface area contributed by atoms with Crippen molar-refractivity contribution in [3.05, 3.63) is 0 Å². The molecule has 0 aliphatic rings. The van der Waals surface area contributed by atoms with Gasteiger partial charge in [0.1, 0.15) is 0 Å². The van der Waals surface area contributed by atoms with Crippen LogP contribution in [0.15, 0.2) is 0 Å². The van der Waals surface area contributed by atoms with Gasteiger partial charge in [-0.05, 0) is 23.8 Å². The van der Waals surface area contributed by atoms with Crippen LogP contribution in [0.2, 0.25) is 0 Å². The van der Waals surface area contributed by atoms with Crippen molar-refractivity contribution >= 4 is 8.25 Å². The minimum atomic E-state index is -2.60. The van der Waals surface area contributed by atoms with Gasteiger partial charge >= 0.3 is 8.25 Å². The zero-order chi connectivity index (χ0) is 15.6. The highest BCUT2D eigenvalue weighted by molar-refractivity contribution is 7.30. The summed E-state index contributed by atoms with van der Waals surface area (Å²) in [5.41, 5.74) is 3.78. The Balaban J connectivity index is 0. The maximum absolute atomic E-state index is 9.41. The van der Waals surface area contributed by atoms with E-state index >= 15 is 0 Å². The van der Waals surface area contributed by atoms with Gasteiger partial charge in [-0.3, -0.25) is 0 Å². The molecule has 6 heteroatoms. The highest BCUT2D eigenvalue weighted by Gasteiger charge is 1.94. The predicted octanol–water partition coefficient (Wildman–Crippen LogP) is 2.28. The summed E-state index contributed by atoms with van der Waals surface area (Å²) in [5, 5.41) is 0. The molecule has 122 valence electrons. The molecule has 0 aromatic carbocycles. The van der Waals surface area contributed by atoms with Crippen LogP contribution in [0.5, 0.6) is 0 Å². The summed E-state index contributed by atoms with van der Waals surface area (Å²) in [5.74, 6) is 0.864. The number of hydrogen-bond donors (Lipinski definition) is 1. The third kappa shape index (κ3) is 26.5. The van der Waals surface area contributed by atoms with E-state index in [9.17, 15) is 9.46 Å². The summed E-state index contributed by atoms with van der Waals surface area (Å²) >= 11 is 0. The van der Waals surface area contributed by atoms with Gasteiger partial charge in [0.25, 0.3) is 0 Å². The van der Waals surface area contributed by atoms with Gasteiger partial charge in [-0.2, -0.15) is 0 Å². The molecule has 0 aromatic rings. The summed E-state index contributed by atoms with van der Waals surface area (Å²) in [6.45, 7) is 9.28. The average molecular weight is 310 g/mol. The first-order valence-corrected chi connectivity index (χ1v) is 8.78. The Morgan fingerprint density at radius 2 is 1.70 bits per heavy atom. The molecule has 5 nitrogen and oxygen atoms in total. The minimum absolute atomic E-state index is 0.235. The van der Waals surface area contributed by atoms with Crippen LogP contribution >= 0.6 is 8.25 Å². The van der Waals surface area contributed by atoms with Crippen molar-refractivity contribution in [3.63, 3.8) is 0 Å². The van der Waals surface area contributed by atoms with Crippen molar-refractivity contribution in [3.8, 4) is 0 Å². The van der Waals surface area contributed by atoms with Gasteiger partial charge in [-0.15, -0.1) is 4.52 Å². The molecule has 3 N–H and O–H groups in total. The van der Waals surface area contributed by atoms with Gasteiger partial charge < -0.3 is 15.4 Å². The normalized spacial score (nSPS) is 11.2. The summed E-state index contributed by atoms with van der Waals surface area (Å²) in [6, 6.07) is 0. The van der Waals surface area contributed by atoms with Gasteiger partial charge in [0.05, 0.1) is 19.8 Å². The van der Waals surface area contributed by atoms with E-state index in [1.165, 1.54) is 32.1 Å².